The maximum Gasteiger partial charge on any atom is 0.234 e. The number of nitrogens with one attached hydrogen (secondary N) is 1. The highest BCUT2D eigenvalue weighted by Gasteiger charge is 2.09. The molecule has 2 rings (SSSR count). The first-order valence-corrected chi connectivity index (χ1v) is 7.92. The lowest BCUT2D eigenvalue weighted by Gasteiger charge is -2.08. The first-order chi connectivity index (χ1) is 10.4. The van der Waals surface area contributed by atoms with Gasteiger partial charge in [0.05, 0.1) is 10.8 Å². The molecule has 0 saturated carbocycles. The van der Waals surface area contributed by atoms with Crippen molar-refractivity contribution in [1.29, 1.82) is 0 Å². The summed E-state index contributed by atoms with van der Waals surface area (Å²) >= 11 is 6.92. The molecule has 1 amide bonds. The van der Waals surface area contributed by atoms with Crippen LogP contribution in [-0.4, -0.2) is 21.6 Å². The number of carbonyl (C=O) groups is 1. The van der Waals surface area contributed by atoms with Crippen LogP contribution in [0.1, 0.15) is 17.0 Å². The van der Waals surface area contributed by atoms with Gasteiger partial charge in [-0.1, -0.05) is 23.4 Å². The number of amides is 1. The van der Waals surface area contributed by atoms with Gasteiger partial charge in [-0.15, -0.1) is 0 Å². The standard InChI is InChI=1S/C15H15ClFN3OS/c1-8-9(2)18-15(19-10(8)3)22-7-14(21)20-11-4-5-13(17)12(16)6-11/h4-6H,7H2,1-3H3,(H,20,21). The topological polar surface area (TPSA) is 54.9 Å². The number of hydrogen-bond acceptors (Lipinski definition) is 4. The fraction of sp³-hybridized carbons (Fsp3) is 0.267. The molecule has 1 heterocycles. The van der Waals surface area contributed by atoms with Gasteiger partial charge in [0.25, 0.3) is 0 Å². The summed E-state index contributed by atoms with van der Waals surface area (Å²) in [6, 6.07) is 4.04. The fourth-order valence-electron chi connectivity index (χ4n) is 1.71. The molecule has 0 aliphatic heterocycles. The summed E-state index contributed by atoms with van der Waals surface area (Å²) in [6.45, 7) is 5.79. The van der Waals surface area contributed by atoms with Gasteiger partial charge in [0.1, 0.15) is 5.82 Å². The van der Waals surface area contributed by atoms with Crippen molar-refractivity contribution in [2.45, 2.75) is 25.9 Å². The van der Waals surface area contributed by atoms with Crippen LogP contribution >= 0.6 is 23.4 Å². The summed E-state index contributed by atoms with van der Waals surface area (Å²) in [5.41, 5.74) is 3.31. The van der Waals surface area contributed by atoms with Crippen molar-refractivity contribution in [2.24, 2.45) is 0 Å². The molecular weight excluding hydrogens is 325 g/mol. The molecule has 1 N–H and O–H groups in total. The van der Waals surface area contributed by atoms with Crippen molar-refractivity contribution in [3.63, 3.8) is 0 Å². The summed E-state index contributed by atoms with van der Waals surface area (Å²) in [6.07, 6.45) is 0. The molecular formula is C15H15ClFN3OS. The number of aromatic nitrogens is 2. The Hall–Kier alpha value is -1.66. The Kier molecular flexibility index (Phi) is 5.37. The van der Waals surface area contributed by atoms with Crippen LogP contribution in [0.15, 0.2) is 23.4 Å². The number of anilines is 1. The Balaban J connectivity index is 1.96. The zero-order chi connectivity index (χ0) is 16.3. The molecule has 0 radical (unpaired) electrons. The second-order valence-corrected chi connectivity index (χ2v) is 6.12. The van der Waals surface area contributed by atoms with Gasteiger partial charge in [0.2, 0.25) is 5.91 Å². The SMILES string of the molecule is Cc1nc(SCC(=O)Nc2ccc(F)c(Cl)c2)nc(C)c1C. The van der Waals surface area contributed by atoms with E-state index in [0.29, 0.717) is 10.8 Å². The summed E-state index contributed by atoms with van der Waals surface area (Å²) in [4.78, 5) is 20.6. The van der Waals surface area contributed by atoms with Crippen LogP contribution in [0, 0.1) is 26.6 Å². The maximum absolute atomic E-state index is 13.0. The Morgan fingerprint density at radius 2 is 1.91 bits per heavy atom. The van der Waals surface area contributed by atoms with Crippen molar-refractivity contribution in [1.82, 2.24) is 9.97 Å². The molecule has 0 spiro atoms. The van der Waals surface area contributed by atoms with E-state index in [1.54, 1.807) is 0 Å². The Labute approximate surface area is 137 Å². The molecule has 2 aromatic rings. The fourth-order valence-corrected chi connectivity index (χ4v) is 2.62. The van der Waals surface area contributed by atoms with E-state index in [0.717, 1.165) is 17.0 Å². The number of thioether (sulfide) groups is 1. The smallest absolute Gasteiger partial charge is 0.234 e. The van der Waals surface area contributed by atoms with Crippen LogP contribution < -0.4 is 5.32 Å². The van der Waals surface area contributed by atoms with E-state index in [1.807, 2.05) is 20.8 Å². The second kappa shape index (κ2) is 7.07. The molecule has 0 aliphatic rings. The molecule has 1 aromatic carbocycles. The highest BCUT2D eigenvalue weighted by Crippen LogP contribution is 2.20. The van der Waals surface area contributed by atoms with E-state index in [4.69, 9.17) is 11.6 Å². The van der Waals surface area contributed by atoms with Crippen molar-refractivity contribution >= 4 is 35.0 Å². The average Bonchev–Trinajstić information content (AvgIpc) is 2.46. The summed E-state index contributed by atoms with van der Waals surface area (Å²) in [5, 5.41) is 3.19. The highest BCUT2D eigenvalue weighted by atomic mass is 35.5. The lowest BCUT2D eigenvalue weighted by molar-refractivity contribution is -0.113. The van der Waals surface area contributed by atoms with Gasteiger partial charge in [-0.25, -0.2) is 14.4 Å². The molecule has 7 heteroatoms. The number of rotatable bonds is 4. The van der Waals surface area contributed by atoms with Gasteiger partial charge in [-0.3, -0.25) is 4.79 Å². The van der Waals surface area contributed by atoms with Crippen LogP contribution in [0.4, 0.5) is 10.1 Å². The third kappa shape index (κ3) is 4.18. The Bertz CT molecular complexity index is 701. The van der Waals surface area contributed by atoms with Crippen molar-refractivity contribution in [3.8, 4) is 0 Å². The predicted octanol–water partition coefficient (Wildman–Crippen LogP) is 3.93. The number of hydrogen-bond donors (Lipinski definition) is 1. The zero-order valence-corrected chi connectivity index (χ0v) is 14.0. The lowest BCUT2D eigenvalue weighted by atomic mass is 10.2. The van der Waals surface area contributed by atoms with E-state index in [-0.39, 0.29) is 16.7 Å². The normalized spacial score (nSPS) is 10.6. The number of nitrogens with zero attached hydrogens (tertiary/aromatic N) is 2. The molecule has 1 aromatic heterocycles. The molecule has 4 nitrogen and oxygen atoms in total. The number of aryl methyl sites for hydroxylation is 2. The van der Waals surface area contributed by atoms with E-state index >= 15 is 0 Å². The average molecular weight is 340 g/mol. The van der Waals surface area contributed by atoms with E-state index < -0.39 is 5.82 Å². The number of carbonyl (C=O) groups excluding carboxylic acids is 1. The van der Waals surface area contributed by atoms with Gasteiger partial charge >= 0.3 is 0 Å². The van der Waals surface area contributed by atoms with Gasteiger partial charge < -0.3 is 5.32 Å². The summed E-state index contributed by atoms with van der Waals surface area (Å²) < 4.78 is 13.0. The molecule has 116 valence electrons. The van der Waals surface area contributed by atoms with Crippen molar-refractivity contribution < 1.29 is 9.18 Å². The molecule has 0 atom stereocenters. The van der Waals surface area contributed by atoms with E-state index in [2.05, 4.69) is 15.3 Å². The second-order valence-electron chi connectivity index (χ2n) is 4.77. The van der Waals surface area contributed by atoms with Gasteiger partial charge in [-0.2, -0.15) is 0 Å². The number of benzene rings is 1. The first kappa shape index (κ1) is 16.7. The van der Waals surface area contributed by atoms with Crippen LogP contribution in [0.5, 0.6) is 0 Å². The molecule has 0 bridgehead atoms. The first-order valence-electron chi connectivity index (χ1n) is 6.56. The minimum atomic E-state index is -0.520. The van der Waals surface area contributed by atoms with E-state index in [1.165, 1.54) is 30.0 Å². The van der Waals surface area contributed by atoms with Crippen molar-refractivity contribution in [3.05, 3.63) is 46.0 Å². The van der Waals surface area contributed by atoms with Crippen LogP contribution in [0.2, 0.25) is 5.02 Å². The van der Waals surface area contributed by atoms with Gasteiger partial charge in [0, 0.05) is 17.1 Å². The zero-order valence-electron chi connectivity index (χ0n) is 12.4. The monoisotopic (exact) mass is 339 g/mol. The molecule has 0 fully saturated rings. The van der Waals surface area contributed by atoms with Crippen molar-refractivity contribution in [2.75, 3.05) is 11.1 Å². The minimum absolute atomic E-state index is 0.0291. The third-order valence-electron chi connectivity index (χ3n) is 3.15. The lowest BCUT2D eigenvalue weighted by Crippen LogP contribution is -2.14. The van der Waals surface area contributed by atoms with E-state index in [9.17, 15) is 9.18 Å². The Morgan fingerprint density at radius 1 is 1.27 bits per heavy atom. The largest absolute Gasteiger partial charge is 0.325 e. The predicted molar refractivity (Wildman–Crippen MR) is 87.0 cm³/mol. The van der Waals surface area contributed by atoms with Crippen LogP contribution in [0.25, 0.3) is 0 Å². The quantitative estimate of drug-likeness (QED) is 0.677. The molecule has 0 aliphatic carbocycles. The van der Waals surface area contributed by atoms with Gasteiger partial charge in [-0.05, 0) is 44.5 Å². The summed E-state index contributed by atoms with van der Waals surface area (Å²) in [7, 11) is 0. The Morgan fingerprint density at radius 3 is 2.50 bits per heavy atom. The molecule has 22 heavy (non-hydrogen) atoms. The third-order valence-corrected chi connectivity index (χ3v) is 4.28. The van der Waals surface area contributed by atoms with Crippen LogP contribution in [-0.2, 0) is 4.79 Å². The molecule has 0 unspecified atom stereocenters. The number of halogens is 2. The maximum atomic E-state index is 13.0. The van der Waals surface area contributed by atoms with Gasteiger partial charge in [0.15, 0.2) is 5.16 Å². The minimum Gasteiger partial charge on any atom is -0.325 e. The molecule has 0 saturated heterocycles. The highest BCUT2D eigenvalue weighted by molar-refractivity contribution is 7.99. The van der Waals surface area contributed by atoms with Crippen LogP contribution in [0.3, 0.4) is 0 Å². The summed E-state index contributed by atoms with van der Waals surface area (Å²) in [5.74, 6) is -0.586.